The van der Waals surface area contributed by atoms with Crippen LogP contribution in [0.3, 0.4) is 0 Å². The molecule has 0 aliphatic heterocycles. The predicted octanol–water partition coefficient (Wildman–Crippen LogP) is 2.49. The lowest BCUT2D eigenvalue weighted by atomic mass is 10.2. The van der Waals surface area contributed by atoms with Gasteiger partial charge in [0.2, 0.25) is 5.88 Å². The number of hydrogen-bond acceptors (Lipinski definition) is 8. The van der Waals surface area contributed by atoms with Crippen LogP contribution in [0.2, 0.25) is 0 Å². The number of nitrogens with zero attached hydrogens (tertiary/aromatic N) is 3. The summed E-state index contributed by atoms with van der Waals surface area (Å²) in [5.41, 5.74) is 0.659. The minimum Gasteiger partial charge on any atom is -0.495 e. The molecular weight excluding hydrogens is 422 g/mol. The summed E-state index contributed by atoms with van der Waals surface area (Å²) in [6, 6.07) is 9.69. The fourth-order valence-corrected chi connectivity index (χ4v) is 4.22. The van der Waals surface area contributed by atoms with Gasteiger partial charge in [-0.05, 0) is 37.3 Å². The van der Waals surface area contributed by atoms with Crippen molar-refractivity contribution in [1.29, 1.82) is 4.78 Å². The molecule has 0 aliphatic rings. The summed E-state index contributed by atoms with van der Waals surface area (Å²) in [6.07, 6.45) is 3.44. The predicted molar refractivity (Wildman–Crippen MR) is 113 cm³/mol. The molecule has 1 atom stereocenters. The first-order chi connectivity index (χ1) is 14.9. The van der Waals surface area contributed by atoms with Crippen molar-refractivity contribution in [1.82, 2.24) is 19.5 Å². The van der Waals surface area contributed by atoms with Gasteiger partial charge in [-0.3, -0.25) is 14.2 Å². The van der Waals surface area contributed by atoms with Crippen molar-refractivity contribution in [2.75, 3.05) is 20.8 Å². The van der Waals surface area contributed by atoms with E-state index in [4.69, 9.17) is 19.0 Å². The topological polar surface area (TPSA) is 128 Å². The lowest BCUT2D eigenvalue weighted by molar-refractivity contribution is 0.0976. The van der Waals surface area contributed by atoms with Crippen LogP contribution in [-0.4, -0.2) is 45.7 Å². The maximum atomic E-state index is 13.2. The van der Waals surface area contributed by atoms with Gasteiger partial charge in [0.25, 0.3) is 5.91 Å². The van der Waals surface area contributed by atoms with E-state index < -0.39 is 15.8 Å². The number of benzene rings is 1. The highest BCUT2D eigenvalue weighted by Gasteiger charge is 2.25. The van der Waals surface area contributed by atoms with E-state index in [2.05, 4.69) is 14.8 Å². The lowest BCUT2D eigenvalue weighted by Gasteiger charge is -2.17. The summed E-state index contributed by atoms with van der Waals surface area (Å²) in [7, 11) is -0.995. The molecule has 3 aromatic rings. The van der Waals surface area contributed by atoms with Crippen molar-refractivity contribution >= 4 is 15.8 Å². The highest BCUT2D eigenvalue weighted by atomic mass is 32.2. The van der Waals surface area contributed by atoms with E-state index in [0.717, 1.165) is 0 Å². The molecule has 2 heterocycles. The van der Waals surface area contributed by atoms with Crippen molar-refractivity contribution in [2.24, 2.45) is 0 Å². The second-order valence-electron chi connectivity index (χ2n) is 6.28. The fourth-order valence-electron chi connectivity index (χ4n) is 2.90. The molecule has 0 aliphatic carbocycles. The number of methoxy groups -OCH3 is 2. The summed E-state index contributed by atoms with van der Waals surface area (Å²) >= 11 is 0. The fraction of sp³-hybridized carbons (Fsp3) is 0.250. The maximum absolute atomic E-state index is 13.2. The van der Waals surface area contributed by atoms with Gasteiger partial charge >= 0.3 is 0 Å². The third-order valence-electron chi connectivity index (χ3n) is 4.24. The number of nitrogens with one attached hydrogen (secondary N) is 2. The average molecular weight is 446 g/mol. The molecule has 0 saturated heterocycles. The molecule has 0 bridgehead atoms. The standard InChI is InChI=1S/C20H23N5O5S/c1-4-30-17-8-5-7-16(28-2)18(17)31(21,27)24-19(26)15-10-9-14(20(23-15)29-3)13-25-12-6-11-22-25/h5-12H,4,13H2,1-3H3,(H2,21,24,26,27). The van der Waals surface area contributed by atoms with Crippen LogP contribution < -0.4 is 18.9 Å². The van der Waals surface area contributed by atoms with Gasteiger partial charge in [-0.15, -0.1) is 0 Å². The number of aromatic nitrogens is 3. The molecule has 1 amide bonds. The highest BCUT2D eigenvalue weighted by Crippen LogP contribution is 2.33. The Morgan fingerprint density at radius 3 is 2.58 bits per heavy atom. The van der Waals surface area contributed by atoms with Crippen molar-refractivity contribution in [3.05, 3.63) is 60.0 Å². The maximum Gasteiger partial charge on any atom is 0.282 e. The van der Waals surface area contributed by atoms with Crippen LogP contribution in [0.15, 0.2) is 53.7 Å². The van der Waals surface area contributed by atoms with Gasteiger partial charge in [-0.2, -0.15) is 5.10 Å². The first-order valence-electron chi connectivity index (χ1n) is 9.31. The first kappa shape index (κ1) is 22.1. The minimum atomic E-state index is -3.82. The number of hydrogen-bond donors (Lipinski definition) is 2. The molecule has 10 nitrogen and oxygen atoms in total. The number of pyridine rings is 1. The first-order valence-corrected chi connectivity index (χ1v) is 10.9. The molecule has 31 heavy (non-hydrogen) atoms. The normalized spacial score (nSPS) is 12.6. The summed E-state index contributed by atoms with van der Waals surface area (Å²) in [5, 5.41) is 4.13. The molecular formula is C20H23N5O5S. The Bertz CT molecular complexity index is 1160. The molecule has 164 valence electrons. The molecule has 0 fully saturated rings. The SMILES string of the molecule is CCOc1cccc(OC)c1S(=N)(=O)NC(=O)c1ccc(Cn2cccn2)c(OC)n1. The zero-order valence-electron chi connectivity index (χ0n) is 17.3. The van der Waals surface area contributed by atoms with Crippen LogP contribution in [0.5, 0.6) is 17.4 Å². The molecule has 2 N–H and O–H groups in total. The molecule has 0 saturated carbocycles. The Kier molecular flexibility index (Phi) is 6.75. The average Bonchev–Trinajstić information content (AvgIpc) is 3.26. The van der Waals surface area contributed by atoms with E-state index in [0.29, 0.717) is 18.7 Å². The van der Waals surface area contributed by atoms with Crippen LogP contribution in [0, 0.1) is 4.78 Å². The molecule has 1 aromatic carbocycles. The summed E-state index contributed by atoms with van der Waals surface area (Å²) < 4.78 is 41.5. The number of rotatable bonds is 9. The van der Waals surface area contributed by atoms with Crippen molar-refractivity contribution < 1.29 is 23.2 Å². The molecule has 2 aromatic heterocycles. The minimum absolute atomic E-state index is 0.0463. The van der Waals surface area contributed by atoms with Gasteiger partial charge < -0.3 is 14.2 Å². The Balaban J connectivity index is 1.89. The van der Waals surface area contributed by atoms with Crippen LogP contribution in [0.1, 0.15) is 23.0 Å². The van der Waals surface area contributed by atoms with Gasteiger partial charge in [0.05, 0.1) is 27.4 Å². The molecule has 1 unspecified atom stereocenters. The van der Waals surface area contributed by atoms with E-state index in [1.54, 1.807) is 54.3 Å². The second kappa shape index (κ2) is 9.47. The molecule has 11 heteroatoms. The van der Waals surface area contributed by atoms with Crippen LogP contribution in [0.25, 0.3) is 0 Å². The number of amides is 1. The number of carbonyl (C=O) groups is 1. The van der Waals surface area contributed by atoms with Gasteiger partial charge in [0, 0.05) is 18.0 Å². The monoisotopic (exact) mass is 445 g/mol. The van der Waals surface area contributed by atoms with E-state index in [-0.39, 0.29) is 28.0 Å². The van der Waals surface area contributed by atoms with Gasteiger partial charge in [0.15, 0.2) is 14.8 Å². The number of carbonyl (C=O) groups excluding carboxylic acids is 1. The summed E-state index contributed by atoms with van der Waals surface area (Å²) in [6.45, 7) is 2.45. The Morgan fingerprint density at radius 1 is 1.16 bits per heavy atom. The van der Waals surface area contributed by atoms with Crippen molar-refractivity contribution in [3.63, 3.8) is 0 Å². The largest absolute Gasteiger partial charge is 0.495 e. The van der Waals surface area contributed by atoms with Crippen LogP contribution in [0.4, 0.5) is 0 Å². The van der Waals surface area contributed by atoms with Crippen molar-refractivity contribution in [3.8, 4) is 17.4 Å². The van der Waals surface area contributed by atoms with Crippen molar-refractivity contribution in [2.45, 2.75) is 18.4 Å². The van der Waals surface area contributed by atoms with Gasteiger partial charge in [-0.1, -0.05) is 6.07 Å². The second-order valence-corrected chi connectivity index (χ2v) is 8.00. The molecule has 0 radical (unpaired) electrons. The smallest absolute Gasteiger partial charge is 0.282 e. The quantitative estimate of drug-likeness (QED) is 0.518. The lowest BCUT2D eigenvalue weighted by Crippen LogP contribution is -2.31. The highest BCUT2D eigenvalue weighted by molar-refractivity contribution is 7.91. The third-order valence-corrected chi connectivity index (χ3v) is 5.69. The Morgan fingerprint density at radius 2 is 1.94 bits per heavy atom. The third kappa shape index (κ3) is 4.94. The number of ether oxygens (including phenoxy) is 3. The zero-order valence-corrected chi connectivity index (χ0v) is 18.1. The van der Waals surface area contributed by atoms with E-state index in [9.17, 15) is 9.00 Å². The Hall–Kier alpha value is -3.60. The van der Waals surface area contributed by atoms with E-state index >= 15 is 0 Å². The zero-order chi connectivity index (χ0) is 22.4. The molecule has 3 rings (SSSR count). The van der Waals surface area contributed by atoms with Gasteiger partial charge in [-0.25, -0.2) is 14.0 Å². The van der Waals surface area contributed by atoms with E-state index in [1.807, 2.05) is 0 Å². The van der Waals surface area contributed by atoms with E-state index in [1.165, 1.54) is 20.3 Å². The summed E-state index contributed by atoms with van der Waals surface area (Å²) in [4.78, 5) is 16.9. The van der Waals surface area contributed by atoms with Crippen LogP contribution in [-0.2, 0) is 16.5 Å². The van der Waals surface area contributed by atoms with Gasteiger partial charge in [0.1, 0.15) is 17.2 Å². The molecule has 0 spiro atoms. The Labute approximate surface area is 180 Å². The van der Waals surface area contributed by atoms with Crippen LogP contribution >= 0.6 is 0 Å². The summed E-state index contributed by atoms with van der Waals surface area (Å²) in [5.74, 6) is -0.196.